The number of amides is 1. The highest BCUT2D eigenvalue weighted by Gasteiger charge is 2.21. The van der Waals surface area contributed by atoms with Crippen LogP contribution in [0, 0.1) is 0 Å². The van der Waals surface area contributed by atoms with Crippen molar-refractivity contribution < 1.29 is 4.79 Å². The Kier molecular flexibility index (Phi) is 6.86. The van der Waals surface area contributed by atoms with Gasteiger partial charge in [-0.1, -0.05) is 60.1 Å². The lowest BCUT2D eigenvalue weighted by Crippen LogP contribution is -2.48. The third-order valence-corrected chi connectivity index (χ3v) is 6.33. The predicted molar refractivity (Wildman–Crippen MR) is 138 cm³/mol. The number of piperazine rings is 1. The summed E-state index contributed by atoms with van der Waals surface area (Å²) in [7, 11) is 0. The van der Waals surface area contributed by atoms with Crippen molar-refractivity contribution in [2.24, 2.45) is 0 Å². The molecule has 0 aliphatic carbocycles. The van der Waals surface area contributed by atoms with Gasteiger partial charge in [-0.05, 0) is 23.8 Å². The zero-order chi connectivity index (χ0) is 24.0. The molecule has 0 unspecified atom stereocenters. The molecule has 1 saturated heterocycles. The van der Waals surface area contributed by atoms with E-state index in [0.717, 1.165) is 22.4 Å². The minimum atomic E-state index is -0.0171. The molecule has 0 atom stereocenters. The molecule has 1 aliphatic heterocycles. The molecule has 0 spiro atoms. The van der Waals surface area contributed by atoms with Crippen LogP contribution in [0.4, 0.5) is 5.95 Å². The summed E-state index contributed by atoms with van der Waals surface area (Å²) in [6, 6.07) is 19.5. The average molecular weight is 485 g/mol. The largest absolute Gasteiger partial charge is 0.337 e. The first-order valence-electron chi connectivity index (χ1n) is 11.5. The maximum atomic E-state index is 12.9. The first-order chi connectivity index (χ1) is 17.2. The van der Waals surface area contributed by atoms with Gasteiger partial charge in [0.1, 0.15) is 0 Å². The second-order valence-corrected chi connectivity index (χ2v) is 8.69. The van der Waals surface area contributed by atoms with Crippen LogP contribution in [0.2, 0.25) is 5.02 Å². The fraction of sp³-hybridized carbons (Fsp3) is 0.185. The molecule has 0 N–H and O–H groups in total. The van der Waals surface area contributed by atoms with Crippen molar-refractivity contribution in [2.45, 2.75) is 6.54 Å². The van der Waals surface area contributed by atoms with E-state index in [0.29, 0.717) is 43.7 Å². The fourth-order valence-electron chi connectivity index (χ4n) is 4.11. The highest BCUT2D eigenvalue weighted by atomic mass is 35.5. The van der Waals surface area contributed by atoms with Gasteiger partial charge in [0.05, 0.1) is 12.2 Å². The van der Waals surface area contributed by atoms with Gasteiger partial charge in [0, 0.05) is 67.0 Å². The minimum absolute atomic E-state index is 0.0171. The maximum absolute atomic E-state index is 12.9. The van der Waals surface area contributed by atoms with Gasteiger partial charge in [0.2, 0.25) is 11.9 Å². The molecule has 1 fully saturated rings. The topological polar surface area (TPSA) is 67.2 Å². The minimum Gasteiger partial charge on any atom is -0.337 e. The van der Waals surface area contributed by atoms with E-state index < -0.39 is 0 Å². The lowest BCUT2D eigenvalue weighted by Gasteiger charge is -2.34. The molecular formula is C27H25ClN6O. The van der Waals surface area contributed by atoms with Gasteiger partial charge in [-0.3, -0.25) is 9.48 Å². The molecule has 176 valence electrons. The van der Waals surface area contributed by atoms with Gasteiger partial charge in [-0.2, -0.15) is 5.10 Å². The Labute approximate surface area is 209 Å². The summed E-state index contributed by atoms with van der Waals surface area (Å²) in [4.78, 5) is 25.5. The first-order valence-corrected chi connectivity index (χ1v) is 11.9. The zero-order valence-corrected chi connectivity index (χ0v) is 19.9. The van der Waals surface area contributed by atoms with Crippen LogP contribution in [0.3, 0.4) is 0 Å². The molecular weight excluding hydrogens is 460 g/mol. The number of halogens is 1. The zero-order valence-electron chi connectivity index (χ0n) is 19.2. The van der Waals surface area contributed by atoms with Crippen LogP contribution in [0.15, 0.2) is 85.3 Å². The van der Waals surface area contributed by atoms with E-state index in [1.54, 1.807) is 24.5 Å². The van der Waals surface area contributed by atoms with E-state index in [2.05, 4.69) is 14.9 Å². The number of anilines is 1. The Morgan fingerprint density at radius 3 is 2.37 bits per heavy atom. The third-order valence-electron chi connectivity index (χ3n) is 5.96. The number of hydrogen-bond donors (Lipinski definition) is 0. The van der Waals surface area contributed by atoms with Crippen LogP contribution >= 0.6 is 11.6 Å². The molecule has 0 saturated carbocycles. The van der Waals surface area contributed by atoms with Crippen LogP contribution in [0.1, 0.15) is 11.1 Å². The number of benzene rings is 2. The van der Waals surface area contributed by atoms with E-state index in [1.165, 1.54) is 0 Å². The van der Waals surface area contributed by atoms with Crippen LogP contribution in [-0.4, -0.2) is 56.7 Å². The fourth-order valence-corrected chi connectivity index (χ4v) is 4.30. The summed E-state index contributed by atoms with van der Waals surface area (Å²) in [6.07, 6.45) is 8.92. The lowest BCUT2D eigenvalue weighted by atomic mass is 10.1. The number of carbonyl (C=O) groups is 1. The third kappa shape index (κ3) is 5.41. The molecule has 2 aromatic carbocycles. The van der Waals surface area contributed by atoms with Gasteiger partial charge in [0.15, 0.2) is 0 Å². The Hall–Kier alpha value is -3.97. The highest BCUT2D eigenvalue weighted by molar-refractivity contribution is 6.31. The van der Waals surface area contributed by atoms with Gasteiger partial charge in [-0.15, -0.1) is 0 Å². The van der Waals surface area contributed by atoms with Gasteiger partial charge >= 0.3 is 0 Å². The quantitative estimate of drug-likeness (QED) is 0.379. The molecule has 3 heterocycles. The normalized spacial score (nSPS) is 14.0. The van der Waals surface area contributed by atoms with Crippen molar-refractivity contribution in [3.8, 4) is 11.3 Å². The van der Waals surface area contributed by atoms with Crippen molar-refractivity contribution in [3.05, 3.63) is 101 Å². The Bertz CT molecular complexity index is 1310. The van der Waals surface area contributed by atoms with Gasteiger partial charge < -0.3 is 9.80 Å². The standard InChI is InChI=1S/C27H25ClN6O/c28-24-10-5-4-9-22(24)19-34-20-23(26(31-34)21-7-2-1-3-8-21)11-12-25(35)32-15-17-33(18-16-32)27-29-13-6-14-30-27/h1-14,20H,15-19H2. The van der Waals surface area contributed by atoms with Crippen molar-refractivity contribution in [3.63, 3.8) is 0 Å². The molecule has 1 aliphatic rings. The molecule has 35 heavy (non-hydrogen) atoms. The summed E-state index contributed by atoms with van der Waals surface area (Å²) in [6.45, 7) is 3.20. The SMILES string of the molecule is O=C(C=Cc1cn(Cc2ccccc2Cl)nc1-c1ccccc1)N1CCN(c2ncccn2)CC1. The second kappa shape index (κ2) is 10.5. The van der Waals surface area contributed by atoms with Crippen LogP contribution in [0.5, 0.6) is 0 Å². The average Bonchev–Trinajstić information content (AvgIpc) is 3.32. The molecule has 0 bridgehead atoms. The monoisotopic (exact) mass is 484 g/mol. The maximum Gasteiger partial charge on any atom is 0.246 e. The molecule has 5 rings (SSSR count). The number of hydrogen-bond acceptors (Lipinski definition) is 5. The van der Waals surface area contributed by atoms with Crippen molar-refractivity contribution in [1.29, 1.82) is 0 Å². The summed E-state index contributed by atoms with van der Waals surface area (Å²) >= 11 is 6.36. The number of aromatic nitrogens is 4. The lowest BCUT2D eigenvalue weighted by molar-refractivity contribution is -0.126. The summed E-state index contributed by atoms with van der Waals surface area (Å²) in [5.74, 6) is 0.685. The Morgan fingerprint density at radius 2 is 1.63 bits per heavy atom. The highest BCUT2D eigenvalue weighted by Crippen LogP contribution is 2.25. The second-order valence-electron chi connectivity index (χ2n) is 8.28. The van der Waals surface area contributed by atoms with E-state index in [4.69, 9.17) is 16.7 Å². The van der Waals surface area contributed by atoms with E-state index in [-0.39, 0.29) is 5.91 Å². The molecule has 0 radical (unpaired) electrons. The number of nitrogens with zero attached hydrogens (tertiary/aromatic N) is 6. The molecule has 8 heteroatoms. The number of rotatable bonds is 6. The number of carbonyl (C=O) groups excluding carboxylic acids is 1. The predicted octanol–water partition coefficient (Wildman–Crippen LogP) is 4.40. The van der Waals surface area contributed by atoms with Crippen LogP contribution in [-0.2, 0) is 11.3 Å². The van der Waals surface area contributed by atoms with Crippen molar-refractivity contribution >= 4 is 29.5 Å². The van der Waals surface area contributed by atoms with E-state index in [1.807, 2.05) is 76.5 Å². The Balaban J connectivity index is 1.32. The summed E-state index contributed by atoms with van der Waals surface area (Å²) in [5.41, 5.74) is 3.69. The Morgan fingerprint density at radius 1 is 0.914 bits per heavy atom. The molecule has 4 aromatic rings. The summed E-state index contributed by atoms with van der Waals surface area (Å²) in [5, 5.41) is 5.52. The van der Waals surface area contributed by atoms with Crippen LogP contribution < -0.4 is 4.90 Å². The molecule has 7 nitrogen and oxygen atoms in total. The molecule has 2 aromatic heterocycles. The van der Waals surface area contributed by atoms with Crippen LogP contribution in [0.25, 0.3) is 17.3 Å². The smallest absolute Gasteiger partial charge is 0.246 e. The van der Waals surface area contributed by atoms with E-state index in [9.17, 15) is 4.79 Å². The summed E-state index contributed by atoms with van der Waals surface area (Å²) < 4.78 is 1.87. The molecule has 1 amide bonds. The van der Waals surface area contributed by atoms with Gasteiger partial charge in [-0.25, -0.2) is 9.97 Å². The van der Waals surface area contributed by atoms with Crippen molar-refractivity contribution in [1.82, 2.24) is 24.6 Å². The van der Waals surface area contributed by atoms with Crippen molar-refractivity contribution in [2.75, 3.05) is 31.1 Å². The van der Waals surface area contributed by atoms with E-state index >= 15 is 0 Å². The van der Waals surface area contributed by atoms with Gasteiger partial charge in [0.25, 0.3) is 0 Å². The first kappa shape index (κ1) is 22.8.